The van der Waals surface area contributed by atoms with Crippen molar-refractivity contribution < 1.29 is 9.94 Å². The van der Waals surface area contributed by atoms with Gasteiger partial charge in [0, 0.05) is 38.4 Å². The summed E-state index contributed by atoms with van der Waals surface area (Å²) < 4.78 is 0. The summed E-state index contributed by atoms with van der Waals surface area (Å²) in [6, 6.07) is 7.71. The highest BCUT2D eigenvalue weighted by molar-refractivity contribution is 5.97. The molecule has 0 aromatic heterocycles. The summed E-state index contributed by atoms with van der Waals surface area (Å²) in [5.41, 5.74) is 7.67. The molecule has 1 rings (SSSR count). The van der Waals surface area contributed by atoms with E-state index in [4.69, 9.17) is 15.7 Å². The maximum absolute atomic E-state index is 8.57. The molecule has 1 aromatic rings. The van der Waals surface area contributed by atoms with Crippen LogP contribution in [0.4, 0.5) is 5.69 Å². The van der Waals surface area contributed by atoms with Gasteiger partial charge in [-0.15, -0.1) is 0 Å². The number of nitrogens with zero attached hydrogens (tertiary/aromatic N) is 2. The van der Waals surface area contributed by atoms with Crippen molar-refractivity contribution in [2.75, 3.05) is 32.2 Å². The minimum Gasteiger partial charge on any atom is -0.396 e. The first-order valence-corrected chi connectivity index (χ1v) is 5.49. The topological polar surface area (TPSA) is 71.1 Å². The van der Waals surface area contributed by atoms with Gasteiger partial charge < -0.3 is 20.6 Å². The average Bonchev–Trinajstić information content (AvgIpc) is 2.34. The molecule has 0 bridgehead atoms. The predicted octanol–water partition coefficient (Wildman–Crippen LogP) is 0.772. The van der Waals surface area contributed by atoms with Crippen LogP contribution in [0.2, 0.25) is 0 Å². The quantitative estimate of drug-likeness (QED) is 0.332. The monoisotopic (exact) mass is 237 g/mol. The number of benzene rings is 1. The van der Waals surface area contributed by atoms with Crippen molar-refractivity contribution in [1.82, 2.24) is 0 Å². The van der Waals surface area contributed by atoms with Gasteiger partial charge in [-0.2, -0.15) is 0 Å². The fourth-order valence-electron chi connectivity index (χ4n) is 1.23. The van der Waals surface area contributed by atoms with Gasteiger partial charge in [-0.3, -0.25) is 0 Å². The van der Waals surface area contributed by atoms with Crippen molar-refractivity contribution in [2.24, 2.45) is 10.9 Å². The highest BCUT2D eigenvalue weighted by Gasteiger charge is 2.00. The number of aliphatic hydroxyl groups excluding tert-OH is 1. The van der Waals surface area contributed by atoms with Crippen molar-refractivity contribution in [3.05, 3.63) is 29.8 Å². The molecule has 0 saturated carbocycles. The number of rotatable bonds is 6. The second kappa shape index (κ2) is 6.75. The number of anilines is 1. The number of aliphatic hydroxyl groups is 1. The SMILES string of the molecule is CN(C)c1ccc(/C(N)=N/OCCCO)cc1. The van der Waals surface area contributed by atoms with Crippen LogP contribution < -0.4 is 10.6 Å². The largest absolute Gasteiger partial charge is 0.396 e. The first-order valence-electron chi connectivity index (χ1n) is 5.49. The maximum atomic E-state index is 8.57. The van der Waals surface area contributed by atoms with Gasteiger partial charge in [0.2, 0.25) is 0 Å². The fourth-order valence-corrected chi connectivity index (χ4v) is 1.23. The number of hydrogen-bond acceptors (Lipinski definition) is 4. The van der Waals surface area contributed by atoms with Gasteiger partial charge in [0.15, 0.2) is 5.84 Å². The first kappa shape index (κ1) is 13.3. The van der Waals surface area contributed by atoms with Crippen LogP contribution in [0.3, 0.4) is 0 Å². The zero-order valence-electron chi connectivity index (χ0n) is 10.3. The molecule has 0 saturated heterocycles. The third-order valence-electron chi connectivity index (χ3n) is 2.24. The van der Waals surface area contributed by atoms with Crippen LogP contribution in [0.1, 0.15) is 12.0 Å². The Morgan fingerprint density at radius 2 is 2.00 bits per heavy atom. The Kier molecular flexibility index (Phi) is 5.29. The standard InChI is InChI=1S/C12H19N3O2/c1-15(2)11-6-4-10(5-7-11)12(13)14-17-9-3-8-16/h4-7,16H,3,8-9H2,1-2H3,(H2,13,14). The molecule has 0 unspecified atom stereocenters. The first-order chi connectivity index (χ1) is 8.15. The summed E-state index contributed by atoms with van der Waals surface area (Å²) in [7, 11) is 3.95. The van der Waals surface area contributed by atoms with E-state index in [1.165, 1.54) is 0 Å². The van der Waals surface area contributed by atoms with Crippen LogP contribution in [0.15, 0.2) is 29.4 Å². The van der Waals surface area contributed by atoms with E-state index in [0.717, 1.165) is 11.3 Å². The Morgan fingerprint density at radius 3 is 2.53 bits per heavy atom. The molecule has 0 heterocycles. The lowest BCUT2D eigenvalue weighted by Crippen LogP contribution is -2.15. The third kappa shape index (κ3) is 4.32. The van der Waals surface area contributed by atoms with Gasteiger partial charge in [0.1, 0.15) is 6.61 Å². The van der Waals surface area contributed by atoms with Crippen molar-refractivity contribution in [3.63, 3.8) is 0 Å². The van der Waals surface area contributed by atoms with E-state index in [2.05, 4.69) is 5.16 Å². The van der Waals surface area contributed by atoms with E-state index in [9.17, 15) is 0 Å². The van der Waals surface area contributed by atoms with Crippen molar-refractivity contribution in [3.8, 4) is 0 Å². The molecule has 5 nitrogen and oxygen atoms in total. The molecule has 0 atom stereocenters. The normalized spacial score (nSPS) is 11.4. The van der Waals surface area contributed by atoms with E-state index >= 15 is 0 Å². The van der Waals surface area contributed by atoms with E-state index in [1.54, 1.807) is 0 Å². The van der Waals surface area contributed by atoms with Crippen molar-refractivity contribution in [1.29, 1.82) is 0 Å². The van der Waals surface area contributed by atoms with Gasteiger partial charge in [-0.1, -0.05) is 5.16 Å². The minimum absolute atomic E-state index is 0.0902. The van der Waals surface area contributed by atoms with Crippen molar-refractivity contribution >= 4 is 11.5 Å². The molecule has 0 aliphatic carbocycles. The Balaban J connectivity index is 2.59. The van der Waals surface area contributed by atoms with E-state index in [1.807, 2.05) is 43.3 Å². The van der Waals surface area contributed by atoms with Gasteiger partial charge in [0.05, 0.1) is 0 Å². The Hall–Kier alpha value is -1.75. The molecule has 0 radical (unpaired) electrons. The van der Waals surface area contributed by atoms with Gasteiger partial charge in [0.25, 0.3) is 0 Å². The summed E-state index contributed by atoms with van der Waals surface area (Å²) in [4.78, 5) is 6.97. The lowest BCUT2D eigenvalue weighted by molar-refractivity contribution is 0.124. The van der Waals surface area contributed by atoms with Crippen LogP contribution in [-0.2, 0) is 4.84 Å². The smallest absolute Gasteiger partial charge is 0.170 e. The second-order valence-electron chi connectivity index (χ2n) is 3.83. The van der Waals surface area contributed by atoms with Crippen LogP contribution in [-0.4, -0.2) is 38.3 Å². The van der Waals surface area contributed by atoms with Crippen molar-refractivity contribution in [2.45, 2.75) is 6.42 Å². The summed E-state index contributed by atoms with van der Waals surface area (Å²) in [6.45, 7) is 0.458. The van der Waals surface area contributed by atoms with Gasteiger partial charge in [-0.25, -0.2) is 0 Å². The number of amidine groups is 1. The molecular weight excluding hydrogens is 218 g/mol. The Labute approximate surface area is 101 Å². The molecule has 17 heavy (non-hydrogen) atoms. The van der Waals surface area contributed by atoms with Crippen LogP contribution >= 0.6 is 0 Å². The predicted molar refractivity (Wildman–Crippen MR) is 69.1 cm³/mol. The lowest BCUT2D eigenvalue weighted by Gasteiger charge is -2.12. The average molecular weight is 237 g/mol. The van der Waals surface area contributed by atoms with E-state index < -0.39 is 0 Å². The molecule has 0 aliphatic heterocycles. The minimum atomic E-state index is 0.0902. The maximum Gasteiger partial charge on any atom is 0.170 e. The molecule has 94 valence electrons. The number of oxime groups is 1. The molecule has 0 spiro atoms. The van der Waals surface area contributed by atoms with Crippen LogP contribution in [0, 0.1) is 0 Å². The number of hydrogen-bond donors (Lipinski definition) is 2. The lowest BCUT2D eigenvalue weighted by atomic mass is 10.2. The Morgan fingerprint density at radius 1 is 1.35 bits per heavy atom. The fraction of sp³-hybridized carbons (Fsp3) is 0.417. The highest BCUT2D eigenvalue weighted by atomic mass is 16.6. The molecule has 0 fully saturated rings. The molecule has 3 N–H and O–H groups in total. The van der Waals surface area contributed by atoms with Crippen LogP contribution in [0.5, 0.6) is 0 Å². The zero-order chi connectivity index (χ0) is 12.7. The molecule has 0 aliphatic rings. The number of nitrogens with two attached hydrogens (primary N) is 1. The zero-order valence-corrected chi connectivity index (χ0v) is 10.3. The van der Waals surface area contributed by atoms with E-state index in [-0.39, 0.29) is 6.61 Å². The molecule has 0 amide bonds. The molecular formula is C12H19N3O2. The Bertz CT molecular complexity index is 361. The molecule has 5 heteroatoms. The summed E-state index contributed by atoms with van der Waals surface area (Å²) in [5, 5.41) is 12.3. The summed E-state index contributed by atoms with van der Waals surface area (Å²) >= 11 is 0. The second-order valence-corrected chi connectivity index (χ2v) is 3.83. The van der Waals surface area contributed by atoms with E-state index in [0.29, 0.717) is 18.9 Å². The van der Waals surface area contributed by atoms with Gasteiger partial charge in [-0.05, 0) is 24.3 Å². The van der Waals surface area contributed by atoms with Crippen LogP contribution in [0.25, 0.3) is 0 Å². The highest BCUT2D eigenvalue weighted by Crippen LogP contribution is 2.11. The molecule has 1 aromatic carbocycles. The summed E-state index contributed by atoms with van der Waals surface area (Å²) in [5.74, 6) is 0.341. The van der Waals surface area contributed by atoms with Gasteiger partial charge >= 0.3 is 0 Å². The summed E-state index contributed by atoms with van der Waals surface area (Å²) in [6.07, 6.45) is 0.552. The third-order valence-corrected chi connectivity index (χ3v) is 2.24.